The van der Waals surface area contributed by atoms with Crippen LogP contribution in [0, 0.1) is 5.92 Å². The predicted octanol–water partition coefficient (Wildman–Crippen LogP) is 4.31. The number of nitrogens with one attached hydrogen (secondary N) is 1. The van der Waals surface area contributed by atoms with E-state index in [1.54, 1.807) is 6.07 Å². The molecular formula is C18H14Cl2N2O. The number of benzene rings is 2. The summed E-state index contributed by atoms with van der Waals surface area (Å²) in [6.07, 6.45) is 0. The van der Waals surface area contributed by atoms with Gasteiger partial charge >= 0.3 is 0 Å². The Kier molecular flexibility index (Phi) is 3.85. The minimum Gasteiger partial charge on any atom is -0.356 e. The molecule has 23 heavy (non-hydrogen) atoms. The highest BCUT2D eigenvalue weighted by Gasteiger charge is 2.43. The molecule has 1 saturated heterocycles. The van der Waals surface area contributed by atoms with Crippen LogP contribution in [0.1, 0.15) is 5.56 Å². The van der Waals surface area contributed by atoms with E-state index in [0.717, 1.165) is 24.4 Å². The van der Waals surface area contributed by atoms with E-state index in [2.05, 4.69) is 10.5 Å². The number of oxime groups is 1. The molecular weight excluding hydrogens is 331 g/mol. The summed E-state index contributed by atoms with van der Waals surface area (Å²) in [7, 11) is 0. The molecule has 1 heterocycles. The average Bonchev–Trinajstić information content (AvgIpc) is 3.03. The maximum atomic E-state index is 6.16. The van der Waals surface area contributed by atoms with Crippen molar-refractivity contribution in [2.24, 2.45) is 11.1 Å². The van der Waals surface area contributed by atoms with E-state index < -0.39 is 0 Å². The van der Waals surface area contributed by atoms with Crippen LogP contribution in [-0.4, -0.2) is 18.8 Å². The maximum absolute atomic E-state index is 6.16. The predicted molar refractivity (Wildman–Crippen MR) is 93.5 cm³/mol. The van der Waals surface area contributed by atoms with E-state index in [1.165, 1.54) is 11.1 Å². The van der Waals surface area contributed by atoms with Crippen molar-refractivity contribution in [3.8, 4) is 5.75 Å². The van der Waals surface area contributed by atoms with Crippen LogP contribution in [0.3, 0.4) is 0 Å². The largest absolute Gasteiger partial charge is 0.356 e. The fourth-order valence-corrected chi connectivity index (χ4v) is 3.21. The van der Waals surface area contributed by atoms with Gasteiger partial charge in [-0.05, 0) is 35.4 Å². The van der Waals surface area contributed by atoms with Crippen molar-refractivity contribution in [2.75, 3.05) is 13.1 Å². The van der Waals surface area contributed by atoms with Crippen molar-refractivity contribution in [3.63, 3.8) is 0 Å². The van der Waals surface area contributed by atoms with Crippen LogP contribution in [0.15, 0.2) is 64.8 Å². The van der Waals surface area contributed by atoms with Crippen LogP contribution in [0.4, 0.5) is 0 Å². The Bertz CT molecular complexity index is 815. The highest BCUT2D eigenvalue weighted by Crippen LogP contribution is 2.44. The van der Waals surface area contributed by atoms with Gasteiger partial charge in [-0.3, -0.25) is 0 Å². The van der Waals surface area contributed by atoms with Gasteiger partial charge < -0.3 is 10.2 Å². The van der Waals surface area contributed by atoms with Crippen LogP contribution in [-0.2, 0) is 0 Å². The van der Waals surface area contributed by atoms with Crippen molar-refractivity contribution in [3.05, 3.63) is 75.3 Å². The van der Waals surface area contributed by atoms with Gasteiger partial charge in [0, 0.05) is 24.6 Å². The Hall–Kier alpha value is -1.81. The molecule has 3 nitrogen and oxygen atoms in total. The minimum atomic E-state index is 0.475. The molecule has 1 atom stereocenters. The number of rotatable bonds is 4. The molecule has 0 bridgehead atoms. The lowest BCUT2D eigenvalue weighted by molar-refractivity contribution is 0.342. The molecule has 1 N–H and O–H groups in total. The van der Waals surface area contributed by atoms with Gasteiger partial charge in [0.15, 0.2) is 5.75 Å². The third-order valence-corrected chi connectivity index (χ3v) is 4.87. The molecule has 1 unspecified atom stereocenters. The highest BCUT2D eigenvalue weighted by molar-refractivity contribution is 6.42. The molecule has 4 rings (SSSR count). The van der Waals surface area contributed by atoms with E-state index in [9.17, 15) is 0 Å². The first kappa shape index (κ1) is 14.8. The number of fused-ring (bicyclic) bond motifs is 1. The summed E-state index contributed by atoms with van der Waals surface area (Å²) < 4.78 is 0. The van der Waals surface area contributed by atoms with E-state index in [4.69, 9.17) is 28.0 Å². The first-order valence-electron chi connectivity index (χ1n) is 7.43. The van der Waals surface area contributed by atoms with Gasteiger partial charge in [-0.25, -0.2) is 0 Å². The van der Waals surface area contributed by atoms with Crippen molar-refractivity contribution in [1.29, 1.82) is 0 Å². The molecule has 1 aliphatic heterocycles. The molecule has 0 amide bonds. The summed E-state index contributed by atoms with van der Waals surface area (Å²) in [5.41, 5.74) is 4.44. The minimum absolute atomic E-state index is 0.475. The van der Waals surface area contributed by atoms with Crippen molar-refractivity contribution in [2.45, 2.75) is 0 Å². The second kappa shape index (κ2) is 6.00. The molecule has 116 valence electrons. The molecule has 0 saturated carbocycles. The van der Waals surface area contributed by atoms with Gasteiger partial charge in [-0.15, -0.1) is 0 Å². The van der Waals surface area contributed by atoms with Gasteiger partial charge in [0.25, 0.3) is 0 Å². The number of nitrogens with zero attached hydrogens (tertiary/aromatic N) is 1. The molecule has 0 spiro atoms. The Morgan fingerprint density at radius 2 is 1.91 bits per heavy atom. The second-order valence-corrected chi connectivity index (χ2v) is 6.41. The Morgan fingerprint density at radius 1 is 1.09 bits per heavy atom. The van der Waals surface area contributed by atoms with Crippen LogP contribution in [0.2, 0.25) is 10.0 Å². The lowest BCUT2D eigenvalue weighted by atomic mass is 10.1. The molecule has 2 aromatic rings. The van der Waals surface area contributed by atoms with Crippen molar-refractivity contribution in [1.82, 2.24) is 5.32 Å². The molecule has 2 aliphatic rings. The summed E-state index contributed by atoms with van der Waals surface area (Å²) in [5, 5.41) is 8.82. The van der Waals surface area contributed by atoms with Gasteiger partial charge in [0.2, 0.25) is 0 Å². The van der Waals surface area contributed by atoms with Crippen LogP contribution >= 0.6 is 23.2 Å². The van der Waals surface area contributed by atoms with E-state index in [0.29, 0.717) is 21.7 Å². The van der Waals surface area contributed by atoms with Crippen molar-refractivity contribution >= 4 is 28.9 Å². The summed E-state index contributed by atoms with van der Waals surface area (Å²) >= 11 is 12.2. The van der Waals surface area contributed by atoms with Crippen LogP contribution < -0.4 is 10.2 Å². The van der Waals surface area contributed by atoms with Crippen LogP contribution in [0.5, 0.6) is 5.75 Å². The van der Waals surface area contributed by atoms with Gasteiger partial charge in [-0.1, -0.05) is 52.6 Å². The Labute approximate surface area is 144 Å². The number of hydrogen-bond donors (Lipinski definition) is 1. The third kappa shape index (κ3) is 2.88. The lowest BCUT2D eigenvalue weighted by Crippen LogP contribution is -2.14. The Balaban J connectivity index is 1.69. The number of halogens is 2. The fraction of sp³-hybridized carbons (Fsp3) is 0.167. The summed E-state index contributed by atoms with van der Waals surface area (Å²) in [6, 6.07) is 15.1. The van der Waals surface area contributed by atoms with Gasteiger partial charge in [0.05, 0.1) is 10.0 Å². The molecule has 1 aliphatic carbocycles. The van der Waals surface area contributed by atoms with E-state index >= 15 is 0 Å². The number of para-hydroxylation sites is 1. The third-order valence-electron chi connectivity index (χ3n) is 4.13. The maximum Gasteiger partial charge on any atom is 0.157 e. The molecule has 0 aromatic heterocycles. The fourth-order valence-electron chi connectivity index (χ4n) is 2.91. The SMILES string of the molecule is Clc1ccc(/C(=N/Oc2ccccc2)C2=C3CNCC32)cc1Cl. The van der Waals surface area contributed by atoms with Gasteiger partial charge in [-0.2, -0.15) is 0 Å². The zero-order valence-corrected chi connectivity index (χ0v) is 13.7. The van der Waals surface area contributed by atoms with E-state index in [-0.39, 0.29) is 0 Å². The lowest BCUT2D eigenvalue weighted by Gasteiger charge is -2.07. The first-order chi connectivity index (χ1) is 11.2. The standard InChI is InChI=1S/C18H14Cl2N2O/c19-15-7-6-11(8-16(15)20)18(17-13-9-21-10-14(13)17)22-23-12-4-2-1-3-5-12/h1-8,13,21H,9-10H2/b22-18-. The van der Waals surface area contributed by atoms with Gasteiger partial charge in [0.1, 0.15) is 5.71 Å². The molecule has 5 heteroatoms. The zero-order valence-electron chi connectivity index (χ0n) is 12.2. The smallest absolute Gasteiger partial charge is 0.157 e. The average molecular weight is 345 g/mol. The second-order valence-electron chi connectivity index (χ2n) is 5.60. The van der Waals surface area contributed by atoms with Crippen LogP contribution in [0.25, 0.3) is 0 Å². The first-order valence-corrected chi connectivity index (χ1v) is 8.19. The summed E-state index contributed by atoms with van der Waals surface area (Å²) in [5.74, 6) is 1.18. The Morgan fingerprint density at radius 3 is 2.61 bits per heavy atom. The normalized spacial score (nSPS) is 19.7. The molecule has 1 fully saturated rings. The van der Waals surface area contributed by atoms with E-state index in [1.807, 2.05) is 42.5 Å². The topological polar surface area (TPSA) is 33.6 Å². The number of hydrogen-bond acceptors (Lipinski definition) is 3. The summed E-state index contributed by atoms with van der Waals surface area (Å²) in [6.45, 7) is 1.89. The summed E-state index contributed by atoms with van der Waals surface area (Å²) in [4.78, 5) is 5.62. The molecule has 0 radical (unpaired) electrons. The monoisotopic (exact) mass is 344 g/mol. The quantitative estimate of drug-likeness (QED) is 0.662. The zero-order chi connectivity index (χ0) is 15.8. The highest BCUT2D eigenvalue weighted by atomic mass is 35.5. The molecule has 2 aromatic carbocycles. The van der Waals surface area contributed by atoms with Crippen molar-refractivity contribution < 1.29 is 4.84 Å².